The van der Waals surface area contributed by atoms with Crippen LogP contribution in [0.4, 0.5) is 0 Å². The molecule has 0 aliphatic carbocycles. The van der Waals surface area contributed by atoms with E-state index in [2.05, 4.69) is 57.5 Å². The molecule has 1 rings (SSSR count). The van der Waals surface area contributed by atoms with E-state index in [0.29, 0.717) is 0 Å². The topological polar surface area (TPSA) is 3.24 Å². The number of benzene rings is 1. The second-order valence-corrected chi connectivity index (χ2v) is 5.37. The van der Waals surface area contributed by atoms with Crippen molar-refractivity contribution in [3.63, 3.8) is 0 Å². The quantitative estimate of drug-likeness (QED) is 0.758. The Morgan fingerprint density at radius 3 is 2.41 bits per heavy atom. The van der Waals surface area contributed by atoms with E-state index in [4.69, 9.17) is 0 Å². The molecule has 0 bridgehead atoms. The van der Waals surface area contributed by atoms with Crippen molar-refractivity contribution in [1.29, 1.82) is 0 Å². The first-order chi connectivity index (χ1) is 8.06. The fourth-order valence-electron chi connectivity index (χ4n) is 2.05. The first-order valence-corrected chi connectivity index (χ1v) is 7.04. The highest BCUT2D eigenvalue weighted by molar-refractivity contribution is 7.80. The summed E-state index contributed by atoms with van der Waals surface area (Å²) < 4.78 is 0. The van der Waals surface area contributed by atoms with E-state index in [1.54, 1.807) is 0 Å². The predicted octanol–water partition coefficient (Wildman–Crippen LogP) is 3.41. The summed E-state index contributed by atoms with van der Waals surface area (Å²) in [6.07, 6.45) is 2.32. The fraction of sp³-hybridized carbons (Fsp3) is 0.600. The van der Waals surface area contributed by atoms with Gasteiger partial charge in [-0.05, 0) is 75.2 Å². The number of thiol groups is 1. The minimum atomic E-state index is 0.979. The average Bonchev–Trinajstić information content (AvgIpc) is 2.32. The fourth-order valence-corrected chi connectivity index (χ4v) is 2.19. The van der Waals surface area contributed by atoms with Crippen molar-refractivity contribution in [2.75, 3.05) is 25.9 Å². The van der Waals surface area contributed by atoms with Gasteiger partial charge in [-0.25, -0.2) is 0 Å². The molecule has 96 valence electrons. The summed E-state index contributed by atoms with van der Waals surface area (Å²) in [6, 6.07) is 4.52. The van der Waals surface area contributed by atoms with Crippen molar-refractivity contribution in [3.05, 3.63) is 34.4 Å². The summed E-state index contributed by atoms with van der Waals surface area (Å²) in [5, 5.41) is 0. The number of hydrogen-bond donors (Lipinski definition) is 1. The van der Waals surface area contributed by atoms with Gasteiger partial charge in [0.25, 0.3) is 0 Å². The normalized spacial score (nSPS) is 11.2. The van der Waals surface area contributed by atoms with Crippen LogP contribution < -0.4 is 0 Å². The second-order valence-electron chi connectivity index (χ2n) is 4.92. The zero-order valence-corrected chi connectivity index (χ0v) is 12.5. The molecule has 1 aromatic rings. The lowest BCUT2D eigenvalue weighted by Gasteiger charge is -2.17. The van der Waals surface area contributed by atoms with Crippen molar-refractivity contribution in [3.8, 4) is 0 Å². The largest absolute Gasteiger partial charge is 0.306 e. The highest BCUT2D eigenvalue weighted by atomic mass is 32.1. The lowest BCUT2D eigenvalue weighted by atomic mass is 9.97. The van der Waals surface area contributed by atoms with Gasteiger partial charge in [-0.3, -0.25) is 0 Å². The van der Waals surface area contributed by atoms with E-state index in [-0.39, 0.29) is 0 Å². The van der Waals surface area contributed by atoms with Gasteiger partial charge < -0.3 is 4.90 Å². The number of aryl methyl sites for hydroxylation is 1. The summed E-state index contributed by atoms with van der Waals surface area (Å²) >= 11 is 4.25. The van der Waals surface area contributed by atoms with Crippen LogP contribution in [0.25, 0.3) is 0 Å². The molecule has 1 aromatic carbocycles. The first-order valence-electron chi connectivity index (χ1n) is 6.41. The highest BCUT2D eigenvalue weighted by Gasteiger charge is 2.05. The van der Waals surface area contributed by atoms with Crippen LogP contribution in [0.15, 0.2) is 12.1 Å². The van der Waals surface area contributed by atoms with Crippen molar-refractivity contribution in [1.82, 2.24) is 4.90 Å². The first kappa shape index (κ1) is 14.6. The number of hydrogen-bond acceptors (Lipinski definition) is 2. The van der Waals surface area contributed by atoms with Gasteiger partial charge in [-0.15, -0.1) is 0 Å². The van der Waals surface area contributed by atoms with Crippen LogP contribution in [0.5, 0.6) is 0 Å². The van der Waals surface area contributed by atoms with Crippen LogP contribution >= 0.6 is 12.6 Å². The van der Waals surface area contributed by atoms with E-state index in [0.717, 1.165) is 25.3 Å². The molecular formula is C15H25NS. The van der Waals surface area contributed by atoms with Gasteiger partial charge in [0.1, 0.15) is 0 Å². The summed E-state index contributed by atoms with van der Waals surface area (Å²) in [6.45, 7) is 8.93. The van der Waals surface area contributed by atoms with Crippen molar-refractivity contribution in [2.24, 2.45) is 0 Å². The third-order valence-electron chi connectivity index (χ3n) is 3.63. The Balaban J connectivity index is 2.55. The molecule has 1 nitrogen and oxygen atoms in total. The molecule has 17 heavy (non-hydrogen) atoms. The maximum Gasteiger partial charge on any atom is 0.00189 e. The second kappa shape index (κ2) is 7.07. The molecule has 0 spiro atoms. The number of rotatable bonds is 6. The van der Waals surface area contributed by atoms with Crippen LogP contribution in [0.2, 0.25) is 0 Å². The minimum Gasteiger partial charge on any atom is -0.306 e. The predicted molar refractivity (Wildman–Crippen MR) is 80.3 cm³/mol. The van der Waals surface area contributed by atoms with Crippen molar-refractivity contribution < 1.29 is 0 Å². The molecule has 2 heteroatoms. The van der Waals surface area contributed by atoms with E-state index >= 15 is 0 Å². The molecule has 0 saturated carbocycles. The van der Waals surface area contributed by atoms with Crippen LogP contribution in [0, 0.1) is 20.8 Å². The van der Waals surface area contributed by atoms with Gasteiger partial charge in [-0.1, -0.05) is 12.1 Å². The summed E-state index contributed by atoms with van der Waals surface area (Å²) in [5.41, 5.74) is 5.80. The average molecular weight is 251 g/mol. The van der Waals surface area contributed by atoms with Crippen LogP contribution in [-0.4, -0.2) is 30.8 Å². The molecule has 0 atom stereocenters. The number of nitrogens with zero attached hydrogens (tertiary/aromatic N) is 1. The molecule has 0 unspecified atom stereocenters. The van der Waals surface area contributed by atoms with E-state index < -0.39 is 0 Å². The van der Waals surface area contributed by atoms with Crippen LogP contribution in [-0.2, 0) is 6.42 Å². The Hall–Kier alpha value is -0.470. The van der Waals surface area contributed by atoms with Gasteiger partial charge >= 0.3 is 0 Å². The zero-order chi connectivity index (χ0) is 12.8. The van der Waals surface area contributed by atoms with Gasteiger partial charge in [0.2, 0.25) is 0 Å². The number of likely N-dealkylation sites (N-methyl/N-ethyl adjacent to an activating group) is 1. The minimum absolute atomic E-state index is 0.979. The molecule has 0 saturated heterocycles. The van der Waals surface area contributed by atoms with E-state index in [1.165, 1.54) is 28.7 Å². The Morgan fingerprint density at radius 1 is 1.06 bits per heavy atom. The van der Waals surface area contributed by atoms with Gasteiger partial charge in [-0.2, -0.15) is 12.6 Å². The summed E-state index contributed by atoms with van der Waals surface area (Å²) in [5.74, 6) is 0.979. The molecular weight excluding hydrogens is 226 g/mol. The molecule has 0 aliphatic heterocycles. The summed E-state index contributed by atoms with van der Waals surface area (Å²) in [7, 11) is 2.19. The van der Waals surface area contributed by atoms with Gasteiger partial charge in [0.05, 0.1) is 0 Å². The smallest absolute Gasteiger partial charge is 0.00189 e. The van der Waals surface area contributed by atoms with Crippen LogP contribution in [0.1, 0.15) is 28.7 Å². The monoisotopic (exact) mass is 251 g/mol. The highest BCUT2D eigenvalue weighted by Crippen LogP contribution is 2.17. The van der Waals surface area contributed by atoms with Gasteiger partial charge in [0, 0.05) is 6.54 Å². The summed E-state index contributed by atoms with van der Waals surface area (Å²) in [4.78, 5) is 2.39. The molecule has 0 amide bonds. The van der Waals surface area contributed by atoms with Crippen molar-refractivity contribution >= 4 is 12.6 Å². The molecule has 0 fully saturated rings. The molecule has 0 N–H and O–H groups in total. The Bertz CT molecular complexity index is 360. The molecule has 0 radical (unpaired) electrons. The standard InChI is InChI=1S/C15H25NS/c1-12-6-7-15(14(3)13(12)2)8-10-16(4)9-5-11-17/h6-7,17H,5,8-11H2,1-4H3. The van der Waals surface area contributed by atoms with Crippen molar-refractivity contribution in [2.45, 2.75) is 33.6 Å². The van der Waals surface area contributed by atoms with Gasteiger partial charge in [0.15, 0.2) is 0 Å². The Labute approximate surface area is 112 Å². The maximum absolute atomic E-state index is 4.25. The lowest BCUT2D eigenvalue weighted by molar-refractivity contribution is 0.340. The Kier molecular flexibility index (Phi) is 6.07. The third kappa shape index (κ3) is 4.36. The maximum atomic E-state index is 4.25. The Morgan fingerprint density at radius 2 is 1.76 bits per heavy atom. The van der Waals surface area contributed by atoms with Crippen LogP contribution in [0.3, 0.4) is 0 Å². The van der Waals surface area contributed by atoms with E-state index in [9.17, 15) is 0 Å². The SMILES string of the molecule is Cc1ccc(CCN(C)CCCS)c(C)c1C. The zero-order valence-electron chi connectivity index (χ0n) is 11.6. The third-order valence-corrected chi connectivity index (χ3v) is 3.95. The molecule has 0 aromatic heterocycles. The molecule has 0 heterocycles. The molecule has 0 aliphatic rings. The van der Waals surface area contributed by atoms with E-state index in [1.807, 2.05) is 0 Å². The lowest BCUT2D eigenvalue weighted by Crippen LogP contribution is -2.23.